The standard InChI is InChI=1S/C13H22N2O3/c1-13(2,3)12(17)14-7-4-6-10(14)11(16)15-8-5-9-18-15/h10H,4-9H2,1-3H3. The zero-order chi connectivity index (χ0) is 13.3. The lowest BCUT2D eigenvalue weighted by Crippen LogP contribution is -2.49. The van der Waals surface area contributed by atoms with Gasteiger partial charge in [-0.2, -0.15) is 0 Å². The van der Waals surface area contributed by atoms with Crippen LogP contribution in [0.15, 0.2) is 0 Å². The Hall–Kier alpha value is -1.10. The molecule has 0 aromatic carbocycles. The summed E-state index contributed by atoms with van der Waals surface area (Å²) in [5.74, 6) is 0.000136. The molecule has 0 aromatic heterocycles. The van der Waals surface area contributed by atoms with Gasteiger partial charge in [0.15, 0.2) is 0 Å². The summed E-state index contributed by atoms with van der Waals surface area (Å²) in [7, 11) is 0. The van der Waals surface area contributed by atoms with E-state index in [1.165, 1.54) is 5.06 Å². The molecule has 1 atom stereocenters. The van der Waals surface area contributed by atoms with Gasteiger partial charge in [-0.05, 0) is 19.3 Å². The highest BCUT2D eigenvalue weighted by Crippen LogP contribution is 2.27. The van der Waals surface area contributed by atoms with E-state index in [1.807, 2.05) is 20.8 Å². The van der Waals surface area contributed by atoms with Crippen molar-refractivity contribution in [2.75, 3.05) is 19.7 Å². The molecule has 0 radical (unpaired) electrons. The van der Waals surface area contributed by atoms with Crippen LogP contribution in [0.4, 0.5) is 0 Å². The Bertz CT molecular complexity index is 343. The topological polar surface area (TPSA) is 49.9 Å². The van der Waals surface area contributed by atoms with Crippen LogP contribution in [0.5, 0.6) is 0 Å². The SMILES string of the molecule is CC(C)(C)C(=O)N1CCCC1C(=O)N1CCCO1. The second-order valence-corrected chi connectivity index (χ2v) is 6.03. The van der Waals surface area contributed by atoms with Gasteiger partial charge >= 0.3 is 0 Å². The molecule has 2 rings (SSSR count). The largest absolute Gasteiger partial charge is 0.330 e. The third-order valence-corrected chi connectivity index (χ3v) is 3.44. The molecule has 2 heterocycles. The quantitative estimate of drug-likeness (QED) is 0.706. The van der Waals surface area contributed by atoms with E-state index in [4.69, 9.17) is 4.84 Å². The summed E-state index contributed by atoms with van der Waals surface area (Å²) in [6.45, 7) is 7.60. The van der Waals surface area contributed by atoms with Crippen LogP contribution in [0.3, 0.4) is 0 Å². The average Bonchev–Trinajstić information content (AvgIpc) is 2.97. The number of nitrogens with zero attached hydrogens (tertiary/aromatic N) is 2. The highest BCUT2D eigenvalue weighted by Gasteiger charge is 2.40. The lowest BCUT2D eigenvalue weighted by atomic mass is 9.94. The molecule has 18 heavy (non-hydrogen) atoms. The van der Waals surface area contributed by atoms with Crippen LogP contribution in [-0.4, -0.2) is 47.5 Å². The number of hydroxylamine groups is 2. The summed E-state index contributed by atoms with van der Waals surface area (Å²) in [5, 5.41) is 1.43. The van der Waals surface area contributed by atoms with Crippen molar-refractivity contribution in [2.45, 2.75) is 46.1 Å². The van der Waals surface area contributed by atoms with E-state index in [0.717, 1.165) is 19.3 Å². The van der Waals surface area contributed by atoms with E-state index in [2.05, 4.69) is 0 Å². The van der Waals surface area contributed by atoms with E-state index in [0.29, 0.717) is 19.7 Å². The Labute approximate surface area is 108 Å². The smallest absolute Gasteiger partial charge is 0.268 e. The van der Waals surface area contributed by atoms with E-state index in [1.54, 1.807) is 4.90 Å². The lowest BCUT2D eigenvalue weighted by molar-refractivity contribution is -0.176. The number of likely N-dealkylation sites (tertiary alicyclic amines) is 1. The molecule has 2 aliphatic heterocycles. The molecule has 0 aliphatic carbocycles. The zero-order valence-corrected chi connectivity index (χ0v) is 11.4. The normalized spacial score (nSPS) is 24.7. The molecule has 5 heteroatoms. The summed E-state index contributed by atoms with van der Waals surface area (Å²) in [4.78, 5) is 31.6. The maximum Gasteiger partial charge on any atom is 0.268 e. The van der Waals surface area contributed by atoms with E-state index in [9.17, 15) is 9.59 Å². The number of carbonyl (C=O) groups is 2. The van der Waals surface area contributed by atoms with Crippen LogP contribution in [0, 0.1) is 5.41 Å². The van der Waals surface area contributed by atoms with Gasteiger partial charge in [-0.3, -0.25) is 14.4 Å². The Morgan fingerprint density at radius 1 is 1.17 bits per heavy atom. The minimum atomic E-state index is -0.436. The molecule has 0 saturated carbocycles. The van der Waals surface area contributed by atoms with Crippen molar-refractivity contribution in [3.63, 3.8) is 0 Å². The summed E-state index contributed by atoms with van der Waals surface area (Å²) < 4.78 is 0. The highest BCUT2D eigenvalue weighted by atomic mass is 16.7. The average molecular weight is 254 g/mol. The Morgan fingerprint density at radius 2 is 1.89 bits per heavy atom. The van der Waals surface area contributed by atoms with Crippen molar-refractivity contribution < 1.29 is 14.4 Å². The number of amides is 2. The van der Waals surface area contributed by atoms with E-state index < -0.39 is 5.41 Å². The van der Waals surface area contributed by atoms with Crippen molar-refractivity contribution in [1.29, 1.82) is 0 Å². The summed E-state index contributed by atoms with van der Waals surface area (Å²) in [6.07, 6.45) is 2.53. The summed E-state index contributed by atoms with van der Waals surface area (Å²) in [5.41, 5.74) is -0.436. The van der Waals surface area contributed by atoms with Crippen molar-refractivity contribution in [2.24, 2.45) is 5.41 Å². The first kappa shape index (κ1) is 13.3. The van der Waals surface area contributed by atoms with Gasteiger partial charge in [-0.1, -0.05) is 20.8 Å². The fraction of sp³-hybridized carbons (Fsp3) is 0.846. The maximum atomic E-state index is 12.3. The molecule has 2 fully saturated rings. The van der Waals surface area contributed by atoms with Crippen molar-refractivity contribution in [3.8, 4) is 0 Å². The maximum absolute atomic E-state index is 12.3. The predicted molar refractivity (Wildman–Crippen MR) is 66.5 cm³/mol. The summed E-state index contributed by atoms with van der Waals surface area (Å²) >= 11 is 0. The molecule has 2 amide bonds. The first-order valence-electron chi connectivity index (χ1n) is 6.66. The minimum Gasteiger partial charge on any atom is -0.330 e. The molecule has 5 nitrogen and oxygen atoms in total. The van der Waals surface area contributed by atoms with Crippen LogP contribution in [-0.2, 0) is 14.4 Å². The van der Waals surface area contributed by atoms with Gasteiger partial charge < -0.3 is 4.90 Å². The first-order valence-corrected chi connectivity index (χ1v) is 6.66. The molecule has 2 aliphatic rings. The van der Waals surface area contributed by atoms with Crippen molar-refractivity contribution in [1.82, 2.24) is 9.96 Å². The van der Waals surface area contributed by atoms with Gasteiger partial charge in [0, 0.05) is 12.0 Å². The molecule has 0 bridgehead atoms. The van der Waals surface area contributed by atoms with Crippen LogP contribution in [0.25, 0.3) is 0 Å². The fourth-order valence-corrected chi connectivity index (χ4v) is 2.48. The zero-order valence-electron chi connectivity index (χ0n) is 11.4. The third-order valence-electron chi connectivity index (χ3n) is 3.44. The Morgan fingerprint density at radius 3 is 2.44 bits per heavy atom. The monoisotopic (exact) mass is 254 g/mol. The molecular formula is C13H22N2O3. The second-order valence-electron chi connectivity index (χ2n) is 6.03. The van der Waals surface area contributed by atoms with Gasteiger partial charge in [0.05, 0.1) is 13.2 Å². The molecule has 0 aromatic rings. The summed E-state index contributed by atoms with van der Waals surface area (Å²) in [6, 6.07) is -0.324. The van der Waals surface area contributed by atoms with Gasteiger partial charge in [0.2, 0.25) is 5.91 Å². The Kier molecular flexibility index (Phi) is 3.61. The number of hydrogen-bond acceptors (Lipinski definition) is 3. The van der Waals surface area contributed by atoms with Gasteiger partial charge in [-0.15, -0.1) is 0 Å². The molecule has 0 N–H and O–H groups in total. The van der Waals surface area contributed by atoms with Crippen LogP contribution < -0.4 is 0 Å². The van der Waals surface area contributed by atoms with Crippen molar-refractivity contribution >= 4 is 11.8 Å². The van der Waals surface area contributed by atoms with Crippen LogP contribution >= 0.6 is 0 Å². The molecule has 2 saturated heterocycles. The fourth-order valence-electron chi connectivity index (χ4n) is 2.48. The lowest BCUT2D eigenvalue weighted by Gasteiger charge is -2.31. The van der Waals surface area contributed by atoms with E-state index >= 15 is 0 Å². The van der Waals surface area contributed by atoms with Gasteiger partial charge in [0.25, 0.3) is 5.91 Å². The minimum absolute atomic E-state index is 0.0531. The Balaban J connectivity index is 2.07. The first-order chi connectivity index (χ1) is 8.41. The van der Waals surface area contributed by atoms with Crippen LogP contribution in [0.1, 0.15) is 40.0 Å². The predicted octanol–water partition coefficient (Wildman–Crippen LogP) is 1.19. The molecule has 102 valence electrons. The molecular weight excluding hydrogens is 232 g/mol. The third kappa shape index (κ3) is 2.51. The van der Waals surface area contributed by atoms with Crippen LogP contribution in [0.2, 0.25) is 0 Å². The molecule has 0 spiro atoms. The van der Waals surface area contributed by atoms with Crippen molar-refractivity contribution in [3.05, 3.63) is 0 Å². The molecule has 1 unspecified atom stereocenters. The number of hydrogen-bond donors (Lipinski definition) is 0. The van der Waals surface area contributed by atoms with Gasteiger partial charge in [-0.25, -0.2) is 5.06 Å². The highest BCUT2D eigenvalue weighted by molar-refractivity contribution is 5.89. The van der Waals surface area contributed by atoms with E-state index in [-0.39, 0.29) is 17.9 Å². The van der Waals surface area contributed by atoms with Gasteiger partial charge in [0.1, 0.15) is 6.04 Å². The number of rotatable bonds is 1. The second kappa shape index (κ2) is 4.88. The number of carbonyl (C=O) groups excluding carboxylic acids is 2.